The average Bonchev–Trinajstić information content (AvgIpc) is 2.03. The molecule has 0 amide bonds. The fourth-order valence-corrected chi connectivity index (χ4v) is 1.47. The summed E-state index contributed by atoms with van der Waals surface area (Å²) in [7, 11) is -3.19. The van der Waals surface area contributed by atoms with E-state index in [9.17, 15) is 8.42 Å². The summed E-state index contributed by atoms with van der Waals surface area (Å²) in [4.78, 5) is 0. The van der Waals surface area contributed by atoms with Crippen molar-refractivity contribution >= 4 is 15.7 Å². The van der Waals surface area contributed by atoms with Crippen molar-refractivity contribution in [1.29, 1.82) is 0 Å². The minimum absolute atomic E-state index is 0.207. The Morgan fingerprint density at radius 2 is 1.85 bits per heavy atom. The van der Waals surface area contributed by atoms with Gasteiger partial charge in [-0.1, -0.05) is 12.1 Å². The van der Waals surface area contributed by atoms with Crippen molar-refractivity contribution in [3.63, 3.8) is 0 Å². The average molecular weight is 199 g/mol. The van der Waals surface area contributed by atoms with Crippen LogP contribution < -0.4 is 10.5 Å². The molecule has 0 aromatic heterocycles. The fraction of sp³-hybridized carbons (Fsp3) is 0.250. The van der Waals surface area contributed by atoms with Crippen molar-refractivity contribution < 1.29 is 8.42 Å². The van der Waals surface area contributed by atoms with E-state index in [0.717, 1.165) is 11.8 Å². The summed E-state index contributed by atoms with van der Waals surface area (Å²) in [5.74, 6) is 0. The third-order valence-corrected chi connectivity index (χ3v) is 2.07. The maximum absolute atomic E-state index is 10.8. The summed E-state index contributed by atoms with van der Waals surface area (Å²) >= 11 is 0. The molecule has 2 N–H and O–H groups in total. The van der Waals surface area contributed by atoms with E-state index in [1.165, 1.54) is 0 Å². The lowest BCUT2D eigenvalue weighted by Crippen LogP contribution is -2.09. The highest BCUT2D eigenvalue weighted by Gasteiger charge is 2.00. The second kappa shape index (κ2) is 3.76. The number of sulfonamides is 1. The van der Waals surface area contributed by atoms with Gasteiger partial charge in [-0.25, -0.2) is 8.42 Å². The van der Waals surface area contributed by atoms with Crippen molar-refractivity contribution in [2.75, 3.05) is 11.0 Å². The third kappa shape index (κ3) is 3.43. The minimum atomic E-state index is -3.19. The van der Waals surface area contributed by atoms with Gasteiger partial charge in [-0.3, -0.25) is 10.5 Å². The predicted octanol–water partition coefficient (Wildman–Crippen LogP) is 0.841. The molecule has 1 aromatic carbocycles. The zero-order valence-electron chi connectivity index (χ0n) is 7.24. The first kappa shape index (κ1) is 10.0. The number of hydrogen-bond acceptors (Lipinski definition) is 2. The maximum Gasteiger partial charge on any atom is 0.229 e. The van der Waals surface area contributed by atoms with Crippen LogP contribution in [0, 0.1) is 0 Å². The lowest BCUT2D eigenvalue weighted by molar-refractivity contribution is 0.607. The van der Waals surface area contributed by atoms with Crippen LogP contribution in [0.3, 0.4) is 0 Å². The van der Waals surface area contributed by atoms with Crippen LogP contribution in [0.25, 0.3) is 0 Å². The van der Waals surface area contributed by atoms with E-state index >= 15 is 0 Å². The van der Waals surface area contributed by atoms with Gasteiger partial charge in [0.2, 0.25) is 10.0 Å². The van der Waals surface area contributed by atoms with E-state index < -0.39 is 10.0 Å². The third-order valence-electron chi connectivity index (χ3n) is 1.46. The summed E-state index contributed by atoms with van der Waals surface area (Å²) in [5.41, 5.74) is 8.44. The second-order valence-electron chi connectivity index (χ2n) is 2.75. The maximum atomic E-state index is 10.8. The van der Waals surface area contributed by atoms with Gasteiger partial charge in [0.05, 0.1) is 6.26 Å². The van der Waals surface area contributed by atoms with Gasteiger partial charge in [-0.05, 0) is 17.7 Å². The van der Waals surface area contributed by atoms with Gasteiger partial charge < -0.3 is 0 Å². The molecule has 0 aliphatic heterocycles. The van der Waals surface area contributed by atoms with Gasteiger partial charge in [0.25, 0.3) is 0 Å². The van der Waals surface area contributed by atoms with E-state index in [-0.39, 0.29) is 6.54 Å². The standard InChI is InChI=1S/C8H11N2O2S/c1-13(11,12)10-8-4-2-7(6-9)3-5-8/h2-5,9-10H,6H2,1H3. The van der Waals surface area contributed by atoms with Crippen molar-refractivity contribution in [2.45, 2.75) is 6.54 Å². The molecular weight excluding hydrogens is 188 g/mol. The monoisotopic (exact) mass is 199 g/mol. The van der Waals surface area contributed by atoms with E-state index in [0.29, 0.717) is 5.69 Å². The molecule has 4 nitrogen and oxygen atoms in total. The van der Waals surface area contributed by atoms with Crippen LogP contribution in [0.2, 0.25) is 0 Å². The number of nitrogens with one attached hydrogen (secondary N) is 2. The summed E-state index contributed by atoms with van der Waals surface area (Å²) in [6.45, 7) is 0.207. The molecule has 0 spiro atoms. The lowest BCUT2D eigenvalue weighted by atomic mass is 10.2. The molecule has 1 rings (SSSR count). The molecule has 1 aromatic rings. The Kier molecular flexibility index (Phi) is 2.90. The van der Waals surface area contributed by atoms with Gasteiger partial charge in [0.15, 0.2) is 0 Å². The van der Waals surface area contributed by atoms with E-state index in [1.807, 2.05) is 0 Å². The Bertz CT molecular complexity index is 370. The Labute approximate surface area is 77.8 Å². The van der Waals surface area contributed by atoms with Crippen molar-refractivity contribution in [1.82, 2.24) is 5.73 Å². The van der Waals surface area contributed by atoms with Crippen LogP contribution in [0.4, 0.5) is 5.69 Å². The highest BCUT2D eigenvalue weighted by Crippen LogP contribution is 2.10. The lowest BCUT2D eigenvalue weighted by Gasteiger charge is -2.03. The molecule has 0 bridgehead atoms. The zero-order valence-corrected chi connectivity index (χ0v) is 8.06. The molecule has 0 aliphatic rings. The van der Waals surface area contributed by atoms with Crippen LogP contribution in [0.15, 0.2) is 24.3 Å². The van der Waals surface area contributed by atoms with E-state index in [2.05, 4.69) is 4.72 Å². The van der Waals surface area contributed by atoms with Gasteiger partial charge in [-0.2, -0.15) is 0 Å². The SMILES string of the molecule is CS(=O)(=O)Nc1ccc(C[NH])cc1. The van der Waals surface area contributed by atoms with Gasteiger partial charge >= 0.3 is 0 Å². The number of hydrogen-bond donors (Lipinski definition) is 1. The quantitative estimate of drug-likeness (QED) is 0.783. The first-order chi connectivity index (χ1) is 6.01. The molecule has 13 heavy (non-hydrogen) atoms. The number of benzene rings is 1. The summed E-state index contributed by atoms with van der Waals surface area (Å²) in [6.07, 6.45) is 1.10. The number of anilines is 1. The van der Waals surface area contributed by atoms with E-state index in [4.69, 9.17) is 5.73 Å². The van der Waals surface area contributed by atoms with Crippen LogP contribution in [-0.4, -0.2) is 14.7 Å². The Balaban J connectivity index is 2.81. The van der Waals surface area contributed by atoms with Crippen molar-refractivity contribution in [3.8, 4) is 0 Å². The molecule has 0 fully saturated rings. The summed E-state index contributed by atoms with van der Waals surface area (Å²) in [5, 5.41) is 0. The minimum Gasteiger partial charge on any atom is -0.284 e. The van der Waals surface area contributed by atoms with Crippen LogP contribution in [0.1, 0.15) is 5.56 Å². The molecular formula is C8H11N2O2S. The molecule has 0 heterocycles. The normalized spacial score (nSPS) is 11.2. The Morgan fingerprint density at radius 1 is 1.31 bits per heavy atom. The molecule has 0 atom stereocenters. The molecule has 1 radical (unpaired) electrons. The topological polar surface area (TPSA) is 70.0 Å². The summed E-state index contributed by atoms with van der Waals surface area (Å²) < 4.78 is 24.0. The second-order valence-corrected chi connectivity index (χ2v) is 4.50. The molecule has 0 saturated carbocycles. The number of rotatable bonds is 3. The largest absolute Gasteiger partial charge is 0.284 e. The van der Waals surface area contributed by atoms with E-state index in [1.54, 1.807) is 24.3 Å². The first-order valence-corrected chi connectivity index (χ1v) is 5.62. The van der Waals surface area contributed by atoms with Crippen LogP contribution in [0.5, 0.6) is 0 Å². The van der Waals surface area contributed by atoms with Crippen molar-refractivity contribution in [3.05, 3.63) is 29.8 Å². The molecule has 0 unspecified atom stereocenters. The zero-order chi connectivity index (χ0) is 9.90. The van der Waals surface area contributed by atoms with Gasteiger partial charge in [-0.15, -0.1) is 0 Å². The van der Waals surface area contributed by atoms with Gasteiger partial charge in [0.1, 0.15) is 0 Å². The summed E-state index contributed by atoms with van der Waals surface area (Å²) in [6, 6.07) is 6.73. The molecule has 0 aliphatic carbocycles. The smallest absolute Gasteiger partial charge is 0.229 e. The highest BCUT2D eigenvalue weighted by atomic mass is 32.2. The van der Waals surface area contributed by atoms with Gasteiger partial charge in [0, 0.05) is 12.2 Å². The van der Waals surface area contributed by atoms with Crippen LogP contribution >= 0.6 is 0 Å². The molecule has 5 heteroatoms. The molecule has 0 saturated heterocycles. The highest BCUT2D eigenvalue weighted by molar-refractivity contribution is 7.92. The van der Waals surface area contributed by atoms with Crippen LogP contribution in [-0.2, 0) is 16.6 Å². The van der Waals surface area contributed by atoms with Crippen molar-refractivity contribution in [2.24, 2.45) is 0 Å². The molecule has 71 valence electrons. The first-order valence-electron chi connectivity index (χ1n) is 3.72. The fourth-order valence-electron chi connectivity index (χ4n) is 0.905. The Morgan fingerprint density at radius 3 is 2.23 bits per heavy atom. The Hall–Kier alpha value is -1.07. The predicted molar refractivity (Wildman–Crippen MR) is 51.7 cm³/mol.